The minimum Gasteiger partial charge on any atom is -0.495 e. The minimum absolute atomic E-state index is 0.0461. The van der Waals surface area contributed by atoms with E-state index in [0.29, 0.717) is 40.1 Å². The molecule has 1 aliphatic heterocycles. The molecule has 4 aromatic rings. The standard InChI is InChI=1S/C35H34ClN3O6/c1-43-32-20-23(12-18-30(32)38-35(42)37-29-11-7-6-10-28(29)36)21-33(40)39-26(15-19-31(39)24-8-4-3-5-9-24)22-45-27-16-13-25(14-17-27)34(41)44-2/h3-14,16-18,20,26,31H,15,19,21-22H2,1-2H3,(H2,37,38,42)/t26-,31+/m0/s1. The van der Waals surface area contributed by atoms with E-state index in [1.165, 1.54) is 14.2 Å². The summed E-state index contributed by atoms with van der Waals surface area (Å²) < 4.78 is 16.4. The van der Waals surface area contributed by atoms with Crippen LogP contribution in [0, 0.1) is 0 Å². The van der Waals surface area contributed by atoms with Crippen LogP contribution in [0.25, 0.3) is 0 Å². The van der Waals surface area contributed by atoms with Gasteiger partial charge in [-0.2, -0.15) is 0 Å². The van der Waals surface area contributed by atoms with Gasteiger partial charge in [0.25, 0.3) is 0 Å². The second-order valence-corrected chi connectivity index (χ2v) is 11.0. The number of nitrogens with one attached hydrogen (secondary N) is 2. The molecule has 45 heavy (non-hydrogen) atoms. The van der Waals surface area contributed by atoms with Crippen molar-refractivity contribution >= 4 is 40.9 Å². The van der Waals surface area contributed by atoms with Gasteiger partial charge < -0.3 is 29.7 Å². The lowest BCUT2D eigenvalue weighted by molar-refractivity contribution is -0.134. The van der Waals surface area contributed by atoms with Crippen molar-refractivity contribution in [2.75, 3.05) is 31.5 Å². The SMILES string of the molecule is COC(=O)c1ccc(OC[C@@H]2CC[C@H](c3ccccc3)N2C(=O)Cc2ccc(NC(=O)Nc3ccccc3Cl)c(OC)c2)cc1. The van der Waals surface area contributed by atoms with E-state index in [0.717, 1.165) is 24.0 Å². The van der Waals surface area contributed by atoms with Gasteiger partial charge >= 0.3 is 12.0 Å². The highest BCUT2D eigenvalue weighted by molar-refractivity contribution is 6.33. The number of amides is 3. The number of ether oxygens (including phenoxy) is 3. The summed E-state index contributed by atoms with van der Waals surface area (Å²) in [5.41, 5.74) is 3.17. The van der Waals surface area contributed by atoms with Crippen LogP contribution in [0.15, 0.2) is 97.1 Å². The van der Waals surface area contributed by atoms with Crippen LogP contribution < -0.4 is 20.1 Å². The van der Waals surface area contributed by atoms with E-state index in [4.69, 9.17) is 25.8 Å². The molecule has 0 radical (unpaired) electrons. The molecule has 3 amide bonds. The zero-order valence-corrected chi connectivity index (χ0v) is 25.8. The molecule has 0 aromatic heterocycles. The van der Waals surface area contributed by atoms with Gasteiger partial charge in [-0.15, -0.1) is 0 Å². The highest BCUT2D eigenvalue weighted by Crippen LogP contribution is 2.37. The van der Waals surface area contributed by atoms with Crippen molar-refractivity contribution in [3.05, 3.63) is 119 Å². The number of esters is 1. The van der Waals surface area contributed by atoms with Crippen molar-refractivity contribution in [2.24, 2.45) is 0 Å². The summed E-state index contributed by atoms with van der Waals surface area (Å²) in [5, 5.41) is 5.93. The van der Waals surface area contributed by atoms with E-state index in [2.05, 4.69) is 10.6 Å². The van der Waals surface area contributed by atoms with Crippen LogP contribution in [0.3, 0.4) is 0 Å². The predicted molar refractivity (Wildman–Crippen MR) is 173 cm³/mol. The van der Waals surface area contributed by atoms with Crippen molar-refractivity contribution in [2.45, 2.75) is 31.3 Å². The number of halogens is 1. The Morgan fingerprint density at radius 3 is 2.27 bits per heavy atom. The van der Waals surface area contributed by atoms with Gasteiger partial charge in [0, 0.05) is 0 Å². The molecule has 5 rings (SSSR count). The number of methoxy groups -OCH3 is 2. The second-order valence-electron chi connectivity index (χ2n) is 10.6. The van der Waals surface area contributed by atoms with E-state index in [1.807, 2.05) is 35.2 Å². The minimum atomic E-state index is -0.476. The van der Waals surface area contributed by atoms with E-state index in [9.17, 15) is 14.4 Å². The molecule has 0 saturated carbocycles. The Morgan fingerprint density at radius 2 is 1.56 bits per heavy atom. The molecule has 1 saturated heterocycles. The van der Waals surface area contributed by atoms with Crippen LogP contribution in [-0.2, 0) is 16.0 Å². The lowest BCUT2D eigenvalue weighted by atomic mass is 10.0. The number of para-hydroxylation sites is 1. The summed E-state index contributed by atoms with van der Waals surface area (Å²) in [6.07, 6.45) is 1.71. The van der Waals surface area contributed by atoms with Gasteiger partial charge in [0.2, 0.25) is 5.91 Å². The number of nitrogens with zero attached hydrogens (tertiary/aromatic N) is 1. The van der Waals surface area contributed by atoms with E-state index < -0.39 is 12.0 Å². The zero-order chi connectivity index (χ0) is 31.8. The molecule has 0 spiro atoms. The molecule has 4 aromatic carbocycles. The molecular formula is C35H34ClN3O6. The van der Waals surface area contributed by atoms with Crippen molar-refractivity contribution in [3.8, 4) is 11.5 Å². The number of hydrogen-bond donors (Lipinski definition) is 2. The Labute approximate surface area is 267 Å². The number of rotatable bonds is 10. The quantitative estimate of drug-likeness (QED) is 0.181. The molecule has 0 unspecified atom stereocenters. The summed E-state index contributed by atoms with van der Waals surface area (Å²) in [4.78, 5) is 40.3. The van der Waals surface area contributed by atoms with Crippen LogP contribution in [-0.4, -0.2) is 49.7 Å². The van der Waals surface area contributed by atoms with Crippen LogP contribution in [0.4, 0.5) is 16.2 Å². The fraction of sp³-hybridized carbons (Fsp3) is 0.229. The van der Waals surface area contributed by atoms with Crippen molar-refractivity contribution in [1.82, 2.24) is 4.90 Å². The third-order valence-corrected chi connectivity index (χ3v) is 8.01. The first kappa shape index (κ1) is 31.4. The number of likely N-dealkylation sites (tertiary alicyclic amines) is 1. The Balaban J connectivity index is 1.29. The molecule has 2 N–H and O–H groups in total. The van der Waals surface area contributed by atoms with Gasteiger partial charge in [0.15, 0.2) is 0 Å². The number of hydrogen-bond acceptors (Lipinski definition) is 6. The Bertz CT molecular complexity index is 1650. The van der Waals surface area contributed by atoms with E-state index >= 15 is 0 Å². The lowest BCUT2D eigenvalue weighted by Gasteiger charge is -2.31. The predicted octanol–water partition coefficient (Wildman–Crippen LogP) is 7.13. The smallest absolute Gasteiger partial charge is 0.337 e. The normalized spacial score (nSPS) is 15.7. The van der Waals surface area contributed by atoms with Crippen LogP contribution in [0.2, 0.25) is 5.02 Å². The first-order valence-corrected chi connectivity index (χ1v) is 14.9. The van der Waals surface area contributed by atoms with Crippen LogP contribution in [0.1, 0.15) is 40.4 Å². The third-order valence-electron chi connectivity index (χ3n) is 7.68. The highest BCUT2D eigenvalue weighted by atomic mass is 35.5. The van der Waals surface area contributed by atoms with Crippen molar-refractivity contribution < 1.29 is 28.6 Å². The number of carbonyl (C=O) groups is 3. The Morgan fingerprint density at radius 1 is 0.844 bits per heavy atom. The summed E-state index contributed by atoms with van der Waals surface area (Å²) in [5.74, 6) is 0.561. The molecule has 0 bridgehead atoms. The largest absolute Gasteiger partial charge is 0.495 e. The maximum Gasteiger partial charge on any atom is 0.337 e. The number of benzene rings is 4. The monoisotopic (exact) mass is 627 g/mol. The first-order valence-electron chi connectivity index (χ1n) is 14.5. The molecule has 10 heteroatoms. The maximum absolute atomic E-state index is 14.0. The lowest BCUT2D eigenvalue weighted by Crippen LogP contribution is -2.41. The summed E-state index contributed by atoms with van der Waals surface area (Å²) in [6.45, 7) is 0.305. The number of urea groups is 1. The molecule has 232 valence electrons. The van der Waals surface area contributed by atoms with Gasteiger partial charge in [-0.3, -0.25) is 4.79 Å². The molecule has 1 fully saturated rings. The Hall–Kier alpha value is -5.02. The van der Waals surface area contributed by atoms with Gasteiger partial charge in [0.1, 0.15) is 18.1 Å². The van der Waals surface area contributed by atoms with Crippen LogP contribution in [0.5, 0.6) is 11.5 Å². The van der Waals surface area contributed by atoms with Gasteiger partial charge in [0.05, 0.1) is 54.7 Å². The van der Waals surface area contributed by atoms with Gasteiger partial charge in [-0.05, 0) is 72.5 Å². The fourth-order valence-corrected chi connectivity index (χ4v) is 5.66. The third kappa shape index (κ3) is 7.74. The second kappa shape index (κ2) is 14.6. The van der Waals surface area contributed by atoms with E-state index in [-0.39, 0.29) is 24.4 Å². The maximum atomic E-state index is 14.0. The highest BCUT2D eigenvalue weighted by Gasteiger charge is 2.38. The van der Waals surface area contributed by atoms with E-state index in [1.54, 1.807) is 66.7 Å². The average molecular weight is 628 g/mol. The van der Waals surface area contributed by atoms with Crippen molar-refractivity contribution in [3.63, 3.8) is 0 Å². The van der Waals surface area contributed by atoms with Gasteiger partial charge in [-0.1, -0.05) is 60.1 Å². The fourth-order valence-electron chi connectivity index (χ4n) is 5.48. The average Bonchev–Trinajstić information content (AvgIpc) is 3.50. The molecule has 1 heterocycles. The molecular weight excluding hydrogens is 594 g/mol. The van der Waals surface area contributed by atoms with Crippen LogP contribution >= 0.6 is 11.6 Å². The molecule has 1 aliphatic rings. The zero-order valence-electron chi connectivity index (χ0n) is 25.0. The molecule has 2 atom stereocenters. The topological polar surface area (TPSA) is 106 Å². The summed E-state index contributed by atoms with van der Waals surface area (Å²) >= 11 is 6.16. The Kier molecular flexibility index (Phi) is 10.2. The number of anilines is 2. The number of carbonyl (C=O) groups excluding carboxylic acids is 3. The molecule has 9 nitrogen and oxygen atoms in total. The van der Waals surface area contributed by atoms with Crippen molar-refractivity contribution in [1.29, 1.82) is 0 Å². The molecule has 0 aliphatic carbocycles. The summed E-state index contributed by atoms with van der Waals surface area (Å²) in [7, 11) is 2.85. The summed E-state index contributed by atoms with van der Waals surface area (Å²) in [6, 6.07) is 28.2. The van der Waals surface area contributed by atoms with Gasteiger partial charge in [-0.25, -0.2) is 9.59 Å². The first-order chi connectivity index (χ1) is 21.9.